The van der Waals surface area contributed by atoms with E-state index in [1.54, 1.807) is 14.2 Å². The first kappa shape index (κ1) is 16.3. The topological polar surface area (TPSA) is 36.9 Å². The number of hydrogen-bond donors (Lipinski definition) is 0. The average molecular weight is 302 g/mol. The molecule has 118 valence electrons. The number of hydrogen-bond acceptors (Lipinski definition) is 4. The van der Waals surface area contributed by atoms with Gasteiger partial charge in [0.1, 0.15) is 13.2 Å². The van der Waals surface area contributed by atoms with Gasteiger partial charge in [0, 0.05) is 14.2 Å². The summed E-state index contributed by atoms with van der Waals surface area (Å²) in [5.41, 5.74) is 2.36. The summed E-state index contributed by atoms with van der Waals surface area (Å²) in [6.45, 7) is 2.88. The lowest BCUT2D eigenvalue weighted by atomic mass is 10.1. The fraction of sp³-hybridized carbons (Fsp3) is 0.333. The molecule has 0 atom stereocenters. The van der Waals surface area contributed by atoms with Gasteiger partial charge in [0.2, 0.25) is 0 Å². The van der Waals surface area contributed by atoms with Crippen LogP contribution in [0.4, 0.5) is 0 Å². The summed E-state index contributed by atoms with van der Waals surface area (Å²) in [4.78, 5) is 0. The van der Waals surface area contributed by atoms with Crippen molar-refractivity contribution in [3.63, 3.8) is 0 Å². The number of aryl methyl sites for hydroxylation is 1. The highest BCUT2D eigenvalue weighted by atomic mass is 16.7. The van der Waals surface area contributed by atoms with Crippen molar-refractivity contribution in [2.75, 3.05) is 20.8 Å². The Balaban J connectivity index is 2.00. The first-order valence-electron chi connectivity index (χ1n) is 7.19. The molecule has 0 aliphatic heterocycles. The molecule has 0 bridgehead atoms. The number of ether oxygens (including phenoxy) is 4. The molecule has 4 nitrogen and oxygen atoms in total. The van der Waals surface area contributed by atoms with Crippen LogP contribution < -0.4 is 9.47 Å². The molecule has 2 rings (SSSR count). The van der Waals surface area contributed by atoms with Crippen LogP contribution in [-0.4, -0.2) is 27.1 Å². The van der Waals surface area contributed by atoms with Crippen LogP contribution >= 0.6 is 0 Å². The summed E-state index contributed by atoms with van der Waals surface area (Å²) in [6, 6.07) is 15.8. The van der Waals surface area contributed by atoms with E-state index in [-0.39, 0.29) is 0 Å². The molecule has 0 aromatic heterocycles. The fourth-order valence-electron chi connectivity index (χ4n) is 2.01. The molecule has 4 heteroatoms. The molecule has 0 radical (unpaired) electrons. The summed E-state index contributed by atoms with van der Waals surface area (Å²) in [6.07, 6.45) is -0.399. The number of benzene rings is 2. The minimum Gasteiger partial charge on any atom is -0.485 e. The van der Waals surface area contributed by atoms with E-state index in [0.717, 1.165) is 5.56 Å². The average Bonchev–Trinajstić information content (AvgIpc) is 2.56. The highest BCUT2D eigenvalue weighted by Gasteiger charge is 2.10. The molecule has 0 aliphatic carbocycles. The second-order valence-electron chi connectivity index (χ2n) is 4.87. The molecule has 0 saturated heterocycles. The second kappa shape index (κ2) is 8.41. The molecule has 2 aromatic carbocycles. The molecular formula is C18H22O4. The van der Waals surface area contributed by atoms with E-state index in [2.05, 4.69) is 19.1 Å². The van der Waals surface area contributed by atoms with E-state index in [4.69, 9.17) is 18.9 Å². The van der Waals surface area contributed by atoms with E-state index in [1.807, 2.05) is 36.4 Å². The van der Waals surface area contributed by atoms with Crippen LogP contribution in [0.1, 0.15) is 11.1 Å². The Morgan fingerprint density at radius 2 is 1.41 bits per heavy atom. The van der Waals surface area contributed by atoms with E-state index < -0.39 is 6.29 Å². The van der Waals surface area contributed by atoms with Gasteiger partial charge in [0.15, 0.2) is 17.8 Å². The zero-order valence-corrected chi connectivity index (χ0v) is 13.2. The SMILES string of the molecule is COC(COc1ccccc1OCc1ccccc1C)OC. The Labute approximate surface area is 131 Å². The molecule has 22 heavy (non-hydrogen) atoms. The maximum Gasteiger partial charge on any atom is 0.191 e. The van der Waals surface area contributed by atoms with Gasteiger partial charge >= 0.3 is 0 Å². The minimum atomic E-state index is -0.399. The minimum absolute atomic E-state index is 0.303. The van der Waals surface area contributed by atoms with Gasteiger partial charge in [-0.15, -0.1) is 0 Å². The van der Waals surface area contributed by atoms with Crippen molar-refractivity contribution < 1.29 is 18.9 Å². The molecule has 0 N–H and O–H groups in total. The summed E-state index contributed by atoms with van der Waals surface area (Å²) < 4.78 is 21.9. The standard InChI is InChI=1S/C18H22O4/c1-14-8-4-5-9-15(14)12-21-16-10-6-7-11-17(16)22-13-18(19-2)20-3/h4-11,18H,12-13H2,1-3H3. The predicted octanol–water partition coefficient (Wildman–Crippen LogP) is 3.57. The van der Waals surface area contributed by atoms with Gasteiger partial charge in [-0.1, -0.05) is 36.4 Å². The number of methoxy groups -OCH3 is 2. The first-order valence-corrected chi connectivity index (χ1v) is 7.19. The lowest BCUT2D eigenvalue weighted by molar-refractivity contribution is -0.122. The van der Waals surface area contributed by atoms with Crippen molar-refractivity contribution in [3.05, 3.63) is 59.7 Å². The van der Waals surface area contributed by atoms with Crippen LogP contribution in [0.5, 0.6) is 11.5 Å². The maximum absolute atomic E-state index is 5.90. The monoisotopic (exact) mass is 302 g/mol. The highest BCUT2D eigenvalue weighted by Crippen LogP contribution is 2.27. The van der Waals surface area contributed by atoms with Gasteiger partial charge in [-0.25, -0.2) is 0 Å². The molecule has 0 amide bonds. The first-order chi connectivity index (χ1) is 10.7. The van der Waals surface area contributed by atoms with Crippen molar-refractivity contribution in [2.45, 2.75) is 19.8 Å². The summed E-state index contributed by atoms with van der Waals surface area (Å²) in [5.74, 6) is 1.38. The summed E-state index contributed by atoms with van der Waals surface area (Å²) in [7, 11) is 3.16. The zero-order valence-electron chi connectivity index (χ0n) is 13.2. The molecule has 0 fully saturated rings. The van der Waals surface area contributed by atoms with E-state index >= 15 is 0 Å². The Kier molecular flexibility index (Phi) is 6.25. The quantitative estimate of drug-likeness (QED) is 0.699. The third-order valence-electron chi connectivity index (χ3n) is 3.39. The molecular weight excluding hydrogens is 280 g/mol. The van der Waals surface area contributed by atoms with Gasteiger partial charge in [-0.05, 0) is 30.2 Å². The van der Waals surface area contributed by atoms with Crippen LogP contribution in [0.15, 0.2) is 48.5 Å². The van der Waals surface area contributed by atoms with Crippen molar-refractivity contribution in [3.8, 4) is 11.5 Å². The summed E-state index contributed by atoms with van der Waals surface area (Å²) in [5, 5.41) is 0. The van der Waals surface area contributed by atoms with Crippen molar-refractivity contribution >= 4 is 0 Å². The second-order valence-corrected chi connectivity index (χ2v) is 4.87. The molecule has 0 spiro atoms. The summed E-state index contributed by atoms with van der Waals surface area (Å²) >= 11 is 0. The Hall–Kier alpha value is -2.04. The molecule has 0 unspecified atom stereocenters. The molecule has 2 aromatic rings. The van der Waals surface area contributed by atoms with E-state index in [9.17, 15) is 0 Å². The fourth-order valence-corrected chi connectivity index (χ4v) is 2.01. The third-order valence-corrected chi connectivity index (χ3v) is 3.39. The number of para-hydroxylation sites is 2. The van der Waals surface area contributed by atoms with Crippen LogP contribution in [0.3, 0.4) is 0 Å². The largest absolute Gasteiger partial charge is 0.485 e. The maximum atomic E-state index is 5.90. The number of rotatable bonds is 8. The van der Waals surface area contributed by atoms with Gasteiger partial charge in [0.05, 0.1) is 0 Å². The predicted molar refractivity (Wildman–Crippen MR) is 85.3 cm³/mol. The van der Waals surface area contributed by atoms with Crippen LogP contribution in [0.25, 0.3) is 0 Å². The van der Waals surface area contributed by atoms with Crippen LogP contribution in [0, 0.1) is 6.92 Å². The Morgan fingerprint density at radius 3 is 2.05 bits per heavy atom. The van der Waals surface area contributed by atoms with Crippen molar-refractivity contribution in [1.29, 1.82) is 0 Å². The Bertz CT molecular complexity index is 579. The third kappa shape index (κ3) is 4.48. The smallest absolute Gasteiger partial charge is 0.191 e. The lowest BCUT2D eigenvalue weighted by Crippen LogP contribution is -2.22. The normalized spacial score (nSPS) is 10.7. The highest BCUT2D eigenvalue weighted by molar-refractivity contribution is 5.39. The lowest BCUT2D eigenvalue weighted by Gasteiger charge is -2.17. The van der Waals surface area contributed by atoms with E-state index in [1.165, 1.54) is 5.56 Å². The van der Waals surface area contributed by atoms with Gasteiger partial charge in [-0.2, -0.15) is 0 Å². The Morgan fingerprint density at radius 1 is 0.818 bits per heavy atom. The van der Waals surface area contributed by atoms with Gasteiger partial charge < -0.3 is 18.9 Å². The van der Waals surface area contributed by atoms with E-state index in [0.29, 0.717) is 24.7 Å². The van der Waals surface area contributed by atoms with Gasteiger partial charge in [0.25, 0.3) is 0 Å². The van der Waals surface area contributed by atoms with Gasteiger partial charge in [-0.3, -0.25) is 0 Å². The zero-order chi connectivity index (χ0) is 15.8. The molecule has 0 heterocycles. The van der Waals surface area contributed by atoms with Crippen LogP contribution in [0.2, 0.25) is 0 Å². The molecule has 0 saturated carbocycles. The van der Waals surface area contributed by atoms with Crippen molar-refractivity contribution in [1.82, 2.24) is 0 Å². The molecule has 0 aliphatic rings. The van der Waals surface area contributed by atoms with Crippen LogP contribution in [-0.2, 0) is 16.1 Å². The van der Waals surface area contributed by atoms with Crippen molar-refractivity contribution in [2.24, 2.45) is 0 Å².